The summed E-state index contributed by atoms with van der Waals surface area (Å²) in [5.41, 5.74) is 2.53. The van der Waals surface area contributed by atoms with Gasteiger partial charge in [0.1, 0.15) is 5.82 Å². The number of benzene rings is 1. The smallest absolute Gasteiger partial charge is 0.136 e. The van der Waals surface area contributed by atoms with E-state index < -0.39 is 0 Å². The molecular formula is C16H22N4. The van der Waals surface area contributed by atoms with Gasteiger partial charge in [0.25, 0.3) is 0 Å². The Bertz CT molecular complexity index is 615. The maximum absolute atomic E-state index is 4.69. The fourth-order valence-corrected chi connectivity index (χ4v) is 2.84. The Hall–Kier alpha value is -1.81. The van der Waals surface area contributed by atoms with Crippen molar-refractivity contribution in [1.29, 1.82) is 0 Å². The highest BCUT2D eigenvalue weighted by molar-refractivity contribution is 6.00. The summed E-state index contributed by atoms with van der Waals surface area (Å²) in [5.74, 6) is 1.04. The molecule has 0 atom stereocenters. The normalized spacial score (nSPS) is 15.7. The van der Waals surface area contributed by atoms with E-state index in [9.17, 15) is 0 Å². The first-order valence-corrected chi connectivity index (χ1v) is 7.19. The zero-order valence-electron chi connectivity index (χ0n) is 12.5. The summed E-state index contributed by atoms with van der Waals surface area (Å²) in [6.45, 7) is 6.32. The van der Waals surface area contributed by atoms with Gasteiger partial charge in [-0.2, -0.15) is 0 Å². The van der Waals surface area contributed by atoms with Crippen LogP contribution in [0.4, 0.5) is 11.5 Å². The molecule has 1 saturated heterocycles. The molecule has 3 rings (SSSR count). The summed E-state index contributed by atoms with van der Waals surface area (Å²) in [6, 6.07) is 6.66. The van der Waals surface area contributed by atoms with Gasteiger partial charge in [-0.25, -0.2) is 4.98 Å². The Kier molecular flexibility index (Phi) is 3.49. The Morgan fingerprint density at radius 3 is 2.60 bits per heavy atom. The second kappa shape index (κ2) is 5.29. The van der Waals surface area contributed by atoms with Gasteiger partial charge in [-0.3, -0.25) is 0 Å². The number of nitrogens with one attached hydrogen (secondary N) is 1. The lowest BCUT2D eigenvalue weighted by Crippen LogP contribution is -2.43. The summed E-state index contributed by atoms with van der Waals surface area (Å²) < 4.78 is 0. The number of rotatable bonds is 2. The fourth-order valence-electron chi connectivity index (χ4n) is 2.84. The molecule has 0 unspecified atom stereocenters. The molecule has 0 amide bonds. The summed E-state index contributed by atoms with van der Waals surface area (Å²) in [7, 11) is 4.10. The lowest BCUT2D eigenvalue weighted by molar-refractivity contribution is 0.590. The van der Waals surface area contributed by atoms with Gasteiger partial charge in [0.05, 0.1) is 11.9 Å². The molecule has 1 aliphatic rings. The van der Waals surface area contributed by atoms with Crippen molar-refractivity contribution in [3.8, 4) is 0 Å². The maximum Gasteiger partial charge on any atom is 0.136 e. The first-order chi connectivity index (χ1) is 9.66. The van der Waals surface area contributed by atoms with Gasteiger partial charge in [0, 0.05) is 51.0 Å². The van der Waals surface area contributed by atoms with Crippen LogP contribution in [-0.2, 0) is 0 Å². The highest BCUT2D eigenvalue weighted by Gasteiger charge is 2.16. The largest absolute Gasteiger partial charge is 0.367 e. The van der Waals surface area contributed by atoms with E-state index in [0.29, 0.717) is 0 Å². The standard InChI is InChI=1S/C16H22N4/c1-12-4-5-13-14(10-12)16(19(2)3)18-11-15(13)20-8-6-17-7-9-20/h4-5,10-11,17H,6-9H2,1-3H3. The predicted molar refractivity (Wildman–Crippen MR) is 85.9 cm³/mol. The Balaban J connectivity index is 2.16. The van der Waals surface area contributed by atoms with E-state index in [1.165, 1.54) is 22.0 Å². The van der Waals surface area contributed by atoms with Crippen LogP contribution in [-0.4, -0.2) is 45.3 Å². The quantitative estimate of drug-likeness (QED) is 0.904. The van der Waals surface area contributed by atoms with Gasteiger partial charge in [0.2, 0.25) is 0 Å². The third kappa shape index (κ3) is 2.31. The van der Waals surface area contributed by atoms with Crippen LogP contribution in [0.5, 0.6) is 0 Å². The van der Waals surface area contributed by atoms with Crippen LogP contribution in [0.3, 0.4) is 0 Å². The van der Waals surface area contributed by atoms with Crippen LogP contribution in [0, 0.1) is 6.92 Å². The van der Waals surface area contributed by atoms with Crippen molar-refractivity contribution in [2.75, 3.05) is 50.1 Å². The van der Waals surface area contributed by atoms with Gasteiger partial charge in [-0.1, -0.05) is 17.7 Å². The third-order valence-electron chi connectivity index (χ3n) is 3.88. The molecule has 4 nitrogen and oxygen atoms in total. The molecule has 2 aromatic rings. The van der Waals surface area contributed by atoms with Crippen LogP contribution in [0.2, 0.25) is 0 Å². The van der Waals surface area contributed by atoms with Gasteiger partial charge in [-0.15, -0.1) is 0 Å². The molecule has 0 saturated carbocycles. The monoisotopic (exact) mass is 270 g/mol. The van der Waals surface area contributed by atoms with Crippen molar-refractivity contribution in [3.05, 3.63) is 30.0 Å². The molecule has 0 bridgehead atoms. The van der Waals surface area contributed by atoms with Crippen LogP contribution in [0.15, 0.2) is 24.4 Å². The van der Waals surface area contributed by atoms with E-state index in [-0.39, 0.29) is 0 Å². The molecule has 0 radical (unpaired) electrons. The minimum absolute atomic E-state index is 1.04. The zero-order chi connectivity index (χ0) is 14.1. The topological polar surface area (TPSA) is 31.4 Å². The summed E-state index contributed by atoms with van der Waals surface area (Å²) in [4.78, 5) is 9.20. The zero-order valence-corrected chi connectivity index (χ0v) is 12.5. The van der Waals surface area contributed by atoms with Crippen molar-refractivity contribution in [1.82, 2.24) is 10.3 Å². The minimum Gasteiger partial charge on any atom is -0.367 e. The van der Waals surface area contributed by atoms with Crippen molar-refractivity contribution >= 4 is 22.3 Å². The number of nitrogens with zero attached hydrogens (tertiary/aromatic N) is 3. The van der Waals surface area contributed by atoms with E-state index in [2.05, 4.69) is 59.3 Å². The third-order valence-corrected chi connectivity index (χ3v) is 3.88. The van der Waals surface area contributed by atoms with Crippen molar-refractivity contribution in [2.24, 2.45) is 0 Å². The van der Waals surface area contributed by atoms with E-state index in [4.69, 9.17) is 0 Å². The average Bonchev–Trinajstić information content (AvgIpc) is 2.46. The van der Waals surface area contributed by atoms with Crippen LogP contribution < -0.4 is 15.1 Å². The number of aryl methyl sites for hydroxylation is 1. The van der Waals surface area contributed by atoms with Gasteiger partial charge in [0.15, 0.2) is 0 Å². The molecule has 1 aliphatic heterocycles. The lowest BCUT2D eigenvalue weighted by atomic mass is 10.1. The Labute approximate surface area is 120 Å². The lowest BCUT2D eigenvalue weighted by Gasteiger charge is -2.30. The average molecular weight is 270 g/mol. The molecule has 1 N–H and O–H groups in total. The molecule has 2 heterocycles. The number of pyridine rings is 1. The highest BCUT2D eigenvalue weighted by atomic mass is 15.2. The number of hydrogen-bond acceptors (Lipinski definition) is 4. The van der Waals surface area contributed by atoms with E-state index in [0.717, 1.165) is 32.0 Å². The SMILES string of the molecule is Cc1ccc2c(N3CCNCC3)cnc(N(C)C)c2c1. The van der Waals surface area contributed by atoms with E-state index in [1.54, 1.807) is 0 Å². The molecule has 0 aliphatic carbocycles. The highest BCUT2D eigenvalue weighted by Crippen LogP contribution is 2.32. The fraction of sp³-hybridized carbons (Fsp3) is 0.438. The molecule has 4 heteroatoms. The number of piperazine rings is 1. The second-order valence-electron chi connectivity index (χ2n) is 5.65. The number of aromatic nitrogens is 1. The molecule has 1 aromatic carbocycles. The number of anilines is 2. The predicted octanol–water partition coefficient (Wildman–Crippen LogP) is 2.02. The minimum atomic E-state index is 1.04. The molecule has 106 valence electrons. The van der Waals surface area contributed by atoms with Crippen molar-refractivity contribution in [2.45, 2.75) is 6.92 Å². The first-order valence-electron chi connectivity index (χ1n) is 7.19. The molecule has 0 spiro atoms. The molecule has 1 fully saturated rings. The summed E-state index contributed by atoms with van der Waals surface area (Å²) >= 11 is 0. The van der Waals surface area contributed by atoms with Crippen molar-refractivity contribution < 1.29 is 0 Å². The van der Waals surface area contributed by atoms with Crippen LogP contribution >= 0.6 is 0 Å². The van der Waals surface area contributed by atoms with Gasteiger partial charge < -0.3 is 15.1 Å². The van der Waals surface area contributed by atoms with Gasteiger partial charge in [-0.05, 0) is 13.0 Å². The maximum atomic E-state index is 4.69. The Morgan fingerprint density at radius 1 is 1.15 bits per heavy atom. The molecule has 20 heavy (non-hydrogen) atoms. The first kappa shape index (κ1) is 13.2. The number of hydrogen-bond donors (Lipinski definition) is 1. The van der Waals surface area contributed by atoms with Crippen LogP contribution in [0.1, 0.15) is 5.56 Å². The van der Waals surface area contributed by atoms with Gasteiger partial charge >= 0.3 is 0 Å². The molecule has 1 aromatic heterocycles. The molecular weight excluding hydrogens is 248 g/mol. The van der Waals surface area contributed by atoms with Crippen LogP contribution in [0.25, 0.3) is 10.8 Å². The van der Waals surface area contributed by atoms with E-state index >= 15 is 0 Å². The summed E-state index contributed by atoms with van der Waals surface area (Å²) in [5, 5.41) is 5.94. The Morgan fingerprint density at radius 2 is 1.90 bits per heavy atom. The summed E-state index contributed by atoms with van der Waals surface area (Å²) in [6.07, 6.45) is 2.03. The second-order valence-corrected chi connectivity index (χ2v) is 5.65. The van der Waals surface area contributed by atoms with Crippen molar-refractivity contribution in [3.63, 3.8) is 0 Å². The number of fused-ring (bicyclic) bond motifs is 1. The van der Waals surface area contributed by atoms with E-state index in [1.807, 2.05) is 6.20 Å².